The first-order chi connectivity index (χ1) is 10.6. The van der Waals surface area contributed by atoms with Crippen molar-refractivity contribution in [2.45, 2.75) is 37.6 Å². The van der Waals surface area contributed by atoms with E-state index < -0.39 is 10.1 Å². The van der Waals surface area contributed by atoms with Crippen molar-refractivity contribution in [3.8, 4) is 5.75 Å². The Bertz CT molecular complexity index is 803. The molecule has 4 nitrogen and oxygen atoms in total. The average molecular weight is 482 g/mol. The molecule has 0 radical (unpaired) electrons. The lowest BCUT2D eigenvalue weighted by atomic mass is 9.86. The Hall–Kier alpha value is -0.830. The zero-order chi connectivity index (χ0) is 17.3. The molecule has 132 valence electrons. The molecule has 0 aliphatic carbocycles. The Morgan fingerprint density at radius 2 is 1.71 bits per heavy atom. The van der Waals surface area contributed by atoms with Crippen molar-refractivity contribution in [3.05, 3.63) is 57.2 Å². The number of halogens is 2. The summed E-state index contributed by atoms with van der Waals surface area (Å²) in [5, 5.41) is 0. The van der Waals surface area contributed by atoms with E-state index >= 15 is 0 Å². The molecular formula is C17H21ClINO3S. The van der Waals surface area contributed by atoms with Crippen LogP contribution in [-0.4, -0.2) is 8.42 Å². The zero-order valence-electron chi connectivity index (χ0n) is 13.7. The van der Waals surface area contributed by atoms with Crippen LogP contribution in [0.2, 0.25) is 0 Å². The Balaban J connectivity index is 0.00000288. The Morgan fingerprint density at radius 1 is 1.12 bits per heavy atom. The van der Waals surface area contributed by atoms with E-state index in [-0.39, 0.29) is 29.3 Å². The summed E-state index contributed by atoms with van der Waals surface area (Å²) >= 11 is 2.09. The van der Waals surface area contributed by atoms with Crippen molar-refractivity contribution in [2.24, 2.45) is 5.73 Å². The Morgan fingerprint density at radius 3 is 2.21 bits per heavy atom. The maximum absolute atomic E-state index is 12.4. The first kappa shape index (κ1) is 21.2. The SMILES string of the molecule is CC(C)(C)c1cc(I)c(OS(=O)(=O)c2ccccc2)c(CN)c1.Cl. The molecule has 0 fully saturated rings. The second-order valence-corrected chi connectivity index (χ2v) is 8.96. The molecule has 0 spiro atoms. The maximum atomic E-state index is 12.4. The van der Waals surface area contributed by atoms with Crippen LogP contribution >= 0.6 is 35.0 Å². The number of hydrogen-bond acceptors (Lipinski definition) is 4. The summed E-state index contributed by atoms with van der Waals surface area (Å²) in [6.45, 7) is 6.50. The second-order valence-electron chi connectivity index (χ2n) is 6.25. The van der Waals surface area contributed by atoms with Gasteiger partial charge in [-0.05, 0) is 51.8 Å². The molecule has 7 heteroatoms. The molecule has 2 N–H and O–H groups in total. The summed E-state index contributed by atoms with van der Waals surface area (Å²) in [7, 11) is -3.88. The minimum absolute atomic E-state index is 0. The first-order valence-electron chi connectivity index (χ1n) is 7.17. The quantitative estimate of drug-likeness (QED) is 0.524. The lowest BCUT2D eigenvalue weighted by Crippen LogP contribution is -2.16. The molecule has 0 aliphatic heterocycles. The highest BCUT2D eigenvalue weighted by molar-refractivity contribution is 14.1. The van der Waals surface area contributed by atoms with Gasteiger partial charge in [-0.2, -0.15) is 8.42 Å². The number of benzene rings is 2. The van der Waals surface area contributed by atoms with Gasteiger partial charge in [0.25, 0.3) is 0 Å². The van der Waals surface area contributed by atoms with Crippen molar-refractivity contribution >= 4 is 45.1 Å². The largest absolute Gasteiger partial charge is 0.377 e. The molecular weight excluding hydrogens is 461 g/mol. The fraction of sp³-hybridized carbons (Fsp3) is 0.294. The highest BCUT2D eigenvalue weighted by Gasteiger charge is 2.23. The van der Waals surface area contributed by atoms with Crippen molar-refractivity contribution in [1.29, 1.82) is 0 Å². The van der Waals surface area contributed by atoms with E-state index in [0.717, 1.165) is 9.13 Å². The molecule has 0 aromatic heterocycles. The zero-order valence-corrected chi connectivity index (χ0v) is 17.5. The van der Waals surface area contributed by atoms with E-state index in [1.807, 2.05) is 12.1 Å². The topological polar surface area (TPSA) is 69.4 Å². The van der Waals surface area contributed by atoms with Gasteiger partial charge in [-0.15, -0.1) is 12.4 Å². The summed E-state index contributed by atoms with van der Waals surface area (Å²) in [4.78, 5) is 0.124. The molecule has 2 rings (SSSR count). The van der Waals surface area contributed by atoms with Crippen molar-refractivity contribution in [3.63, 3.8) is 0 Å². The molecule has 0 unspecified atom stereocenters. The highest BCUT2D eigenvalue weighted by atomic mass is 127. The minimum atomic E-state index is -3.88. The summed E-state index contributed by atoms with van der Waals surface area (Å²) in [5.41, 5.74) is 7.53. The third kappa shape index (κ3) is 4.84. The number of rotatable bonds is 4. The third-order valence-corrected chi connectivity index (χ3v) is 5.47. The van der Waals surface area contributed by atoms with Gasteiger partial charge in [-0.25, -0.2) is 0 Å². The van der Waals surface area contributed by atoms with E-state index in [2.05, 4.69) is 43.4 Å². The predicted molar refractivity (Wildman–Crippen MR) is 107 cm³/mol. The third-order valence-electron chi connectivity index (χ3n) is 3.43. The van der Waals surface area contributed by atoms with E-state index in [1.165, 1.54) is 12.1 Å². The minimum Gasteiger partial charge on any atom is -0.377 e. The van der Waals surface area contributed by atoms with Gasteiger partial charge < -0.3 is 9.92 Å². The first-order valence-corrected chi connectivity index (χ1v) is 9.66. The van der Waals surface area contributed by atoms with Crippen LogP contribution in [0.5, 0.6) is 5.75 Å². The smallest absolute Gasteiger partial charge is 0.339 e. The lowest BCUT2D eigenvalue weighted by molar-refractivity contribution is 0.480. The van der Waals surface area contributed by atoms with Crippen LogP contribution in [0.25, 0.3) is 0 Å². The molecule has 0 bridgehead atoms. The van der Waals surface area contributed by atoms with Crippen LogP contribution < -0.4 is 9.92 Å². The molecule has 0 atom stereocenters. The van der Waals surface area contributed by atoms with Gasteiger partial charge in [-0.3, -0.25) is 0 Å². The highest BCUT2D eigenvalue weighted by Crippen LogP contribution is 2.34. The van der Waals surface area contributed by atoms with E-state index in [1.54, 1.807) is 18.2 Å². The van der Waals surface area contributed by atoms with Gasteiger partial charge in [0.2, 0.25) is 0 Å². The lowest BCUT2D eigenvalue weighted by Gasteiger charge is -2.22. The van der Waals surface area contributed by atoms with Crippen LogP contribution in [-0.2, 0) is 22.1 Å². The standard InChI is InChI=1S/C17H20INO3S.ClH/c1-17(2,3)13-9-12(11-19)16(15(18)10-13)22-23(20,21)14-7-5-4-6-8-14;/h4-10H,11,19H2,1-3H3;1H. The van der Waals surface area contributed by atoms with E-state index in [4.69, 9.17) is 9.92 Å². The normalized spacial score (nSPS) is 11.7. The van der Waals surface area contributed by atoms with Gasteiger partial charge in [0.15, 0.2) is 5.75 Å². The maximum Gasteiger partial charge on any atom is 0.339 e. The van der Waals surface area contributed by atoms with E-state index in [0.29, 0.717) is 11.3 Å². The molecule has 2 aromatic carbocycles. The van der Waals surface area contributed by atoms with Crippen molar-refractivity contribution in [1.82, 2.24) is 0 Å². The van der Waals surface area contributed by atoms with Crippen LogP contribution in [0.1, 0.15) is 31.9 Å². The summed E-state index contributed by atoms with van der Waals surface area (Å²) in [6, 6.07) is 11.9. The fourth-order valence-electron chi connectivity index (χ4n) is 2.07. The molecule has 0 saturated carbocycles. The second kappa shape index (κ2) is 8.03. The monoisotopic (exact) mass is 481 g/mol. The average Bonchev–Trinajstić information content (AvgIpc) is 2.48. The molecule has 0 amide bonds. The Kier molecular flexibility index (Phi) is 7.10. The predicted octanol–water partition coefficient (Wildman–Crippen LogP) is 4.24. The summed E-state index contributed by atoms with van der Waals surface area (Å²) in [6.07, 6.45) is 0. The van der Waals surface area contributed by atoms with Gasteiger partial charge in [0, 0.05) is 12.1 Å². The Labute approximate surface area is 163 Å². The van der Waals surface area contributed by atoms with Crippen LogP contribution in [0, 0.1) is 3.57 Å². The fourth-order valence-corrected chi connectivity index (χ4v) is 4.02. The van der Waals surface area contributed by atoms with Crippen LogP contribution in [0.3, 0.4) is 0 Å². The molecule has 0 heterocycles. The molecule has 2 aromatic rings. The van der Waals surface area contributed by atoms with Crippen molar-refractivity contribution < 1.29 is 12.6 Å². The summed E-state index contributed by atoms with van der Waals surface area (Å²) in [5.74, 6) is 0.310. The van der Waals surface area contributed by atoms with Crippen LogP contribution in [0.4, 0.5) is 0 Å². The molecule has 0 aliphatic rings. The van der Waals surface area contributed by atoms with Gasteiger partial charge in [-0.1, -0.05) is 45.0 Å². The van der Waals surface area contributed by atoms with Gasteiger partial charge in [0.1, 0.15) is 4.90 Å². The number of nitrogens with two attached hydrogens (primary N) is 1. The molecule has 0 saturated heterocycles. The summed E-state index contributed by atoms with van der Waals surface area (Å²) < 4.78 is 31.0. The number of hydrogen-bond donors (Lipinski definition) is 1. The van der Waals surface area contributed by atoms with Crippen LogP contribution in [0.15, 0.2) is 47.4 Å². The van der Waals surface area contributed by atoms with Gasteiger partial charge in [0.05, 0.1) is 3.57 Å². The van der Waals surface area contributed by atoms with Gasteiger partial charge >= 0.3 is 10.1 Å². The van der Waals surface area contributed by atoms with Crippen molar-refractivity contribution in [2.75, 3.05) is 0 Å². The molecule has 24 heavy (non-hydrogen) atoms. The van der Waals surface area contributed by atoms with E-state index in [9.17, 15) is 8.42 Å².